The van der Waals surface area contributed by atoms with E-state index in [1.165, 1.54) is 14.0 Å². The highest BCUT2D eigenvalue weighted by Gasteiger charge is 2.47. The van der Waals surface area contributed by atoms with Crippen molar-refractivity contribution in [1.29, 1.82) is 0 Å². The highest BCUT2D eigenvalue weighted by molar-refractivity contribution is 5.82. The molecule has 8 nitrogen and oxygen atoms in total. The predicted octanol–water partition coefficient (Wildman–Crippen LogP) is -1.05. The SMILES string of the molecule is COC(=O)CNC(=O)NC1COCC1(C)C(=O)O. The molecule has 0 radical (unpaired) electrons. The zero-order chi connectivity index (χ0) is 13.8. The summed E-state index contributed by atoms with van der Waals surface area (Å²) in [5.41, 5.74) is -1.16. The van der Waals surface area contributed by atoms with Crippen LogP contribution in [0.1, 0.15) is 6.92 Å². The van der Waals surface area contributed by atoms with Gasteiger partial charge in [0.05, 0.1) is 26.4 Å². The van der Waals surface area contributed by atoms with Gasteiger partial charge in [-0.05, 0) is 6.92 Å². The van der Waals surface area contributed by atoms with Gasteiger partial charge in [-0.1, -0.05) is 0 Å². The molecule has 0 aliphatic carbocycles. The van der Waals surface area contributed by atoms with Gasteiger partial charge in [-0.3, -0.25) is 9.59 Å². The molecule has 2 amide bonds. The zero-order valence-electron chi connectivity index (χ0n) is 10.2. The van der Waals surface area contributed by atoms with Gasteiger partial charge >= 0.3 is 18.0 Å². The molecule has 1 saturated heterocycles. The van der Waals surface area contributed by atoms with Crippen molar-refractivity contribution in [3.8, 4) is 0 Å². The van der Waals surface area contributed by atoms with Gasteiger partial charge in [-0.25, -0.2) is 4.79 Å². The molecule has 0 aromatic carbocycles. The number of amides is 2. The number of carbonyl (C=O) groups excluding carboxylic acids is 2. The number of urea groups is 1. The number of carboxylic acid groups (broad SMARTS) is 1. The maximum Gasteiger partial charge on any atom is 0.325 e. The molecule has 0 bridgehead atoms. The van der Waals surface area contributed by atoms with E-state index >= 15 is 0 Å². The lowest BCUT2D eigenvalue weighted by atomic mass is 9.85. The fraction of sp³-hybridized carbons (Fsp3) is 0.700. The first-order valence-electron chi connectivity index (χ1n) is 5.32. The molecule has 2 unspecified atom stereocenters. The topological polar surface area (TPSA) is 114 Å². The third-order valence-corrected chi connectivity index (χ3v) is 2.87. The second-order valence-corrected chi connectivity index (χ2v) is 4.19. The number of rotatable bonds is 4. The highest BCUT2D eigenvalue weighted by atomic mass is 16.5. The maximum absolute atomic E-state index is 11.5. The van der Waals surface area contributed by atoms with Gasteiger partial charge in [0.1, 0.15) is 12.0 Å². The van der Waals surface area contributed by atoms with Crippen molar-refractivity contribution in [2.24, 2.45) is 5.41 Å². The van der Waals surface area contributed by atoms with E-state index in [0.717, 1.165) is 0 Å². The molecule has 0 saturated carbocycles. The summed E-state index contributed by atoms with van der Waals surface area (Å²) in [6.07, 6.45) is 0. The van der Waals surface area contributed by atoms with Gasteiger partial charge in [-0.15, -0.1) is 0 Å². The Bertz CT molecular complexity index is 358. The van der Waals surface area contributed by atoms with Gasteiger partial charge < -0.3 is 25.2 Å². The normalized spacial score (nSPS) is 26.4. The summed E-state index contributed by atoms with van der Waals surface area (Å²) in [6.45, 7) is 1.37. The van der Waals surface area contributed by atoms with Crippen LogP contribution in [0.2, 0.25) is 0 Å². The molecular formula is C10H16N2O6. The third kappa shape index (κ3) is 3.10. The molecule has 1 rings (SSSR count). The van der Waals surface area contributed by atoms with Gasteiger partial charge in [-0.2, -0.15) is 0 Å². The number of esters is 1. The Balaban J connectivity index is 2.49. The van der Waals surface area contributed by atoms with E-state index in [9.17, 15) is 14.4 Å². The Morgan fingerprint density at radius 3 is 2.72 bits per heavy atom. The van der Waals surface area contributed by atoms with Gasteiger partial charge in [0.2, 0.25) is 0 Å². The summed E-state index contributed by atoms with van der Waals surface area (Å²) in [6, 6.07) is -1.28. The quantitative estimate of drug-likeness (QED) is 0.556. The van der Waals surface area contributed by atoms with Crippen molar-refractivity contribution >= 4 is 18.0 Å². The lowest BCUT2D eigenvalue weighted by molar-refractivity contribution is -0.148. The van der Waals surface area contributed by atoms with Crippen LogP contribution in [0.15, 0.2) is 0 Å². The first-order valence-corrected chi connectivity index (χ1v) is 5.32. The van der Waals surface area contributed by atoms with E-state index in [1.54, 1.807) is 0 Å². The minimum Gasteiger partial charge on any atom is -0.481 e. The average molecular weight is 260 g/mol. The largest absolute Gasteiger partial charge is 0.481 e. The van der Waals surface area contributed by atoms with Crippen LogP contribution in [0.25, 0.3) is 0 Å². The number of hydrogen-bond donors (Lipinski definition) is 3. The van der Waals surface area contributed by atoms with E-state index < -0.39 is 29.4 Å². The van der Waals surface area contributed by atoms with Crippen molar-refractivity contribution in [1.82, 2.24) is 10.6 Å². The molecule has 0 spiro atoms. The lowest BCUT2D eigenvalue weighted by Crippen LogP contribution is -2.53. The molecule has 1 aliphatic rings. The molecule has 3 N–H and O–H groups in total. The average Bonchev–Trinajstić information content (AvgIpc) is 2.69. The van der Waals surface area contributed by atoms with Crippen LogP contribution in [0.5, 0.6) is 0 Å². The minimum absolute atomic E-state index is 0.0320. The van der Waals surface area contributed by atoms with Crippen LogP contribution in [-0.2, 0) is 19.1 Å². The minimum atomic E-state index is -1.16. The summed E-state index contributed by atoms with van der Waals surface area (Å²) < 4.78 is 9.42. The predicted molar refractivity (Wildman–Crippen MR) is 58.9 cm³/mol. The molecule has 102 valence electrons. The van der Waals surface area contributed by atoms with E-state index in [-0.39, 0.29) is 19.8 Å². The smallest absolute Gasteiger partial charge is 0.325 e. The van der Waals surface area contributed by atoms with Crippen molar-refractivity contribution < 1.29 is 29.0 Å². The lowest BCUT2D eigenvalue weighted by Gasteiger charge is -2.25. The van der Waals surface area contributed by atoms with Crippen LogP contribution in [0, 0.1) is 5.41 Å². The maximum atomic E-state index is 11.5. The van der Waals surface area contributed by atoms with Crippen LogP contribution in [0.4, 0.5) is 4.79 Å². The third-order valence-electron chi connectivity index (χ3n) is 2.87. The summed E-state index contributed by atoms with van der Waals surface area (Å²) in [5.74, 6) is -1.63. The Morgan fingerprint density at radius 1 is 1.50 bits per heavy atom. The molecule has 1 aliphatic heterocycles. The van der Waals surface area contributed by atoms with Gasteiger partial charge in [0, 0.05) is 0 Å². The number of hydrogen-bond acceptors (Lipinski definition) is 5. The zero-order valence-corrected chi connectivity index (χ0v) is 10.2. The second kappa shape index (κ2) is 5.67. The fourth-order valence-electron chi connectivity index (χ4n) is 1.52. The Kier molecular flexibility index (Phi) is 4.49. The number of aliphatic carboxylic acids is 1. The van der Waals surface area contributed by atoms with Gasteiger partial charge in [0.15, 0.2) is 0 Å². The molecule has 2 atom stereocenters. The molecule has 18 heavy (non-hydrogen) atoms. The molecule has 0 aromatic heterocycles. The van der Waals surface area contributed by atoms with Crippen molar-refractivity contribution in [2.75, 3.05) is 26.9 Å². The van der Waals surface area contributed by atoms with Crippen molar-refractivity contribution in [2.45, 2.75) is 13.0 Å². The standard InChI is InChI=1S/C10H16N2O6/c1-10(8(14)15)5-18-4-6(10)12-9(16)11-3-7(13)17-2/h6H,3-5H2,1-2H3,(H,14,15)(H2,11,12,16). The van der Waals surface area contributed by atoms with Crippen LogP contribution in [0.3, 0.4) is 0 Å². The first kappa shape index (κ1) is 14.2. The summed E-state index contributed by atoms with van der Waals surface area (Å²) >= 11 is 0. The number of carbonyl (C=O) groups is 3. The summed E-state index contributed by atoms with van der Waals surface area (Å²) in [7, 11) is 1.20. The number of methoxy groups -OCH3 is 1. The summed E-state index contributed by atoms with van der Waals surface area (Å²) in [5, 5.41) is 13.8. The second-order valence-electron chi connectivity index (χ2n) is 4.19. The Morgan fingerprint density at radius 2 is 2.17 bits per heavy atom. The van der Waals surface area contributed by atoms with Crippen LogP contribution in [-0.4, -0.2) is 56.0 Å². The van der Waals surface area contributed by atoms with E-state index in [0.29, 0.717) is 0 Å². The van der Waals surface area contributed by atoms with E-state index in [1.807, 2.05) is 0 Å². The molecular weight excluding hydrogens is 244 g/mol. The van der Waals surface area contributed by atoms with Crippen LogP contribution < -0.4 is 10.6 Å². The number of carboxylic acids is 1. The monoisotopic (exact) mass is 260 g/mol. The molecule has 0 aromatic rings. The Labute approximate surface area is 104 Å². The molecule has 1 heterocycles. The van der Waals surface area contributed by atoms with Crippen molar-refractivity contribution in [3.05, 3.63) is 0 Å². The number of nitrogens with one attached hydrogen (secondary N) is 2. The van der Waals surface area contributed by atoms with Crippen LogP contribution >= 0.6 is 0 Å². The fourth-order valence-corrected chi connectivity index (χ4v) is 1.52. The number of ether oxygens (including phenoxy) is 2. The molecule has 8 heteroatoms. The van der Waals surface area contributed by atoms with E-state index in [2.05, 4.69) is 15.4 Å². The molecule has 1 fully saturated rings. The van der Waals surface area contributed by atoms with E-state index in [4.69, 9.17) is 9.84 Å². The van der Waals surface area contributed by atoms with Gasteiger partial charge in [0.25, 0.3) is 0 Å². The Hall–Kier alpha value is -1.83. The highest BCUT2D eigenvalue weighted by Crippen LogP contribution is 2.28. The summed E-state index contributed by atoms with van der Waals surface area (Å²) in [4.78, 5) is 33.4. The van der Waals surface area contributed by atoms with Crippen molar-refractivity contribution in [3.63, 3.8) is 0 Å². The first-order chi connectivity index (χ1) is 8.40.